The number of pyridine rings is 1. The summed E-state index contributed by atoms with van der Waals surface area (Å²) in [6.45, 7) is 2.62. The minimum absolute atomic E-state index is 0.0876. The van der Waals surface area contributed by atoms with Gasteiger partial charge in [-0.25, -0.2) is 5.48 Å². The van der Waals surface area contributed by atoms with Crippen LogP contribution in [0, 0.1) is 5.41 Å². The summed E-state index contributed by atoms with van der Waals surface area (Å²) in [5, 5.41) is 20.4. The number of aliphatic hydroxyl groups excluding tert-OH is 1. The van der Waals surface area contributed by atoms with Gasteiger partial charge in [0.15, 0.2) is 0 Å². The van der Waals surface area contributed by atoms with Gasteiger partial charge in [0.25, 0.3) is 0 Å². The summed E-state index contributed by atoms with van der Waals surface area (Å²) >= 11 is 0. The van der Waals surface area contributed by atoms with E-state index in [2.05, 4.69) is 34.1 Å². The van der Waals surface area contributed by atoms with Gasteiger partial charge in [0.1, 0.15) is 5.75 Å². The Hall–Kier alpha value is -3.00. The predicted octanol–water partition coefficient (Wildman–Crippen LogP) is 4.28. The molecule has 0 bridgehead atoms. The number of fused-ring (bicyclic) bond motifs is 1. The monoisotopic (exact) mass is 491 g/mol. The van der Waals surface area contributed by atoms with Crippen molar-refractivity contribution < 1.29 is 19.8 Å². The minimum Gasteiger partial charge on any atom is -0.497 e. The van der Waals surface area contributed by atoms with Gasteiger partial charge in [0, 0.05) is 11.6 Å². The van der Waals surface area contributed by atoms with Gasteiger partial charge in [0.2, 0.25) is 5.91 Å². The van der Waals surface area contributed by atoms with Crippen LogP contribution in [0.1, 0.15) is 48.8 Å². The molecule has 2 aromatic carbocycles. The number of aryl methyl sites for hydroxylation is 2. The highest BCUT2D eigenvalue weighted by Gasteiger charge is 2.40. The van der Waals surface area contributed by atoms with Crippen LogP contribution in [0.15, 0.2) is 54.7 Å². The highest BCUT2D eigenvalue weighted by atomic mass is 16.5. The Kier molecular flexibility index (Phi) is 8.91. The number of aromatic nitrogens is 1. The quantitative estimate of drug-likeness (QED) is 0.274. The molecule has 2 heterocycles. The lowest BCUT2D eigenvalue weighted by Gasteiger charge is -2.40. The molecule has 0 atom stereocenters. The van der Waals surface area contributed by atoms with E-state index < -0.39 is 5.41 Å². The summed E-state index contributed by atoms with van der Waals surface area (Å²) in [6, 6.07) is 16.3. The molecule has 192 valence electrons. The summed E-state index contributed by atoms with van der Waals surface area (Å²) in [4.78, 5) is 19.7. The zero-order valence-electron chi connectivity index (χ0n) is 21.1. The first kappa shape index (κ1) is 26.1. The van der Waals surface area contributed by atoms with Crippen molar-refractivity contribution >= 4 is 16.8 Å². The number of piperidine rings is 1. The second-order valence-corrected chi connectivity index (χ2v) is 9.81. The number of nitrogens with zero attached hydrogens (tertiary/aromatic N) is 2. The summed E-state index contributed by atoms with van der Waals surface area (Å²) in [7, 11) is 1.63. The number of benzene rings is 2. The fraction of sp³-hybridized carbons (Fsp3) is 0.448. The van der Waals surface area contributed by atoms with Gasteiger partial charge in [-0.15, -0.1) is 0 Å². The van der Waals surface area contributed by atoms with Gasteiger partial charge in [-0.1, -0.05) is 30.3 Å². The molecule has 0 radical (unpaired) electrons. The Bertz CT molecular complexity index is 1140. The average molecular weight is 492 g/mol. The van der Waals surface area contributed by atoms with Crippen LogP contribution in [-0.2, 0) is 24.2 Å². The molecule has 3 aromatic rings. The van der Waals surface area contributed by atoms with Crippen LogP contribution in [0.4, 0.5) is 0 Å². The molecule has 1 aliphatic rings. The number of amides is 1. The first-order valence-corrected chi connectivity index (χ1v) is 12.8. The van der Waals surface area contributed by atoms with E-state index >= 15 is 0 Å². The van der Waals surface area contributed by atoms with Crippen molar-refractivity contribution in [3.63, 3.8) is 0 Å². The van der Waals surface area contributed by atoms with E-state index in [-0.39, 0.29) is 12.5 Å². The van der Waals surface area contributed by atoms with E-state index in [0.29, 0.717) is 12.8 Å². The van der Waals surface area contributed by atoms with Crippen molar-refractivity contribution in [1.29, 1.82) is 0 Å². The Morgan fingerprint density at radius 2 is 1.89 bits per heavy atom. The Labute approximate surface area is 213 Å². The molecule has 7 nitrogen and oxygen atoms in total. The standard InChI is InChI=1S/C29H37N3O4/c1-36-24-11-12-27-26(19-24)25(23(21-33)20-30-27)10-5-13-29(28(34)31-35)14-17-32(18-15-29)16-6-9-22-7-3-2-4-8-22/h2-4,7-8,11-12,19-20,33,35H,5-6,9-10,13-18,21H2,1H3,(H,31,34). The second-order valence-electron chi connectivity index (χ2n) is 9.81. The number of carbonyl (C=O) groups is 1. The van der Waals surface area contributed by atoms with E-state index in [1.807, 2.05) is 29.7 Å². The summed E-state index contributed by atoms with van der Waals surface area (Å²) in [5.41, 5.74) is 5.42. The zero-order valence-corrected chi connectivity index (χ0v) is 21.1. The third kappa shape index (κ3) is 6.03. The van der Waals surface area contributed by atoms with Crippen molar-refractivity contribution in [3.05, 3.63) is 71.4 Å². The van der Waals surface area contributed by atoms with Crippen LogP contribution in [0.25, 0.3) is 10.9 Å². The van der Waals surface area contributed by atoms with E-state index in [9.17, 15) is 15.1 Å². The number of aliphatic hydroxyl groups is 1. The van der Waals surface area contributed by atoms with E-state index in [0.717, 1.165) is 79.5 Å². The third-order valence-corrected chi connectivity index (χ3v) is 7.71. The maximum Gasteiger partial charge on any atom is 0.249 e. The Morgan fingerprint density at radius 3 is 2.58 bits per heavy atom. The zero-order chi connectivity index (χ0) is 25.4. The molecule has 0 aliphatic carbocycles. The summed E-state index contributed by atoms with van der Waals surface area (Å²) in [5.74, 6) is 0.464. The fourth-order valence-electron chi connectivity index (χ4n) is 5.50. The van der Waals surface area contributed by atoms with Crippen LogP contribution in [-0.4, -0.2) is 52.8 Å². The average Bonchev–Trinajstić information content (AvgIpc) is 2.93. The van der Waals surface area contributed by atoms with E-state index in [4.69, 9.17) is 4.74 Å². The number of hydrogen-bond donors (Lipinski definition) is 3. The number of methoxy groups -OCH3 is 1. The molecule has 1 amide bonds. The number of nitrogens with one attached hydrogen (secondary N) is 1. The number of rotatable bonds is 11. The fourth-order valence-corrected chi connectivity index (χ4v) is 5.50. The molecule has 1 saturated heterocycles. The highest BCUT2D eigenvalue weighted by molar-refractivity contribution is 5.84. The number of hydroxylamine groups is 1. The maximum atomic E-state index is 12.8. The smallest absolute Gasteiger partial charge is 0.249 e. The molecule has 0 spiro atoms. The van der Waals surface area contributed by atoms with Crippen LogP contribution < -0.4 is 10.2 Å². The van der Waals surface area contributed by atoms with Gasteiger partial charge in [-0.2, -0.15) is 0 Å². The molecule has 1 aromatic heterocycles. The van der Waals surface area contributed by atoms with Crippen molar-refractivity contribution in [2.24, 2.45) is 5.41 Å². The normalized spacial score (nSPS) is 15.6. The SMILES string of the molecule is COc1ccc2ncc(CO)c(CCCC3(C(=O)NO)CCN(CCCc4ccccc4)CC3)c2c1. The van der Waals surface area contributed by atoms with Crippen molar-refractivity contribution in [2.45, 2.75) is 51.6 Å². The maximum absolute atomic E-state index is 12.8. The van der Waals surface area contributed by atoms with Gasteiger partial charge >= 0.3 is 0 Å². The molecule has 1 fully saturated rings. The molecule has 36 heavy (non-hydrogen) atoms. The van der Waals surface area contributed by atoms with Gasteiger partial charge < -0.3 is 14.7 Å². The molecule has 1 aliphatic heterocycles. The van der Waals surface area contributed by atoms with Crippen molar-refractivity contribution in [3.8, 4) is 5.75 Å². The topological polar surface area (TPSA) is 94.9 Å². The molecule has 3 N–H and O–H groups in total. The van der Waals surface area contributed by atoms with E-state index in [1.165, 1.54) is 5.56 Å². The molecule has 0 saturated carbocycles. The second kappa shape index (κ2) is 12.3. The first-order valence-electron chi connectivity index (χ1n) is 12.8. The highest BCUT2D eigenvalue weighted by Crippen LogP contribution is 2.38. The minimum atomic E-state index is -0.579. The Balaban J connectivity index is 1.38. The third-order valence-electron chi connectivity index (χ3n) is 7.71. The summed E-state index contributed by atoms with van der Waals surface area (Å²) in [6.07, 6.45) is 7.48. The molecule has 7 heteroatoms. The first-order chi connectivity index (χ1) is 17.6. The van der Waals surface area contributed by atoms with Gasteiger partial charge in [-0.3, -0.25) is 15.0 Å². The molecule has 0 unspecified atom stereocenters. The number of likely N-dealkylation sites (tertiary alicyclic amines) is 1. The lowest BCUT2D eigenvalue weighted by molar-refractivity contribution is -0.143. The molecular formula is C29H37N3O4. The van der Waals surface area contributed by atoms with Crippen LogP contribution in [0.2, 0.25) is 0 Å². The molecule has 4 rings (SSSR count). The number of carbonyl (C=O) groups excluding carboxylic acids is 1. The van der Waals surface area contributed by atoms with Crippen molar-refractivity contribution in [1.82, 2.24) is 15.4 Å². The van der Waals surface area contributed by atoms with Gasteiger partial charge in [-0.05, 0) is 99.5 Å². The van der Waals surface area contributed by atoms with E-state index in [1.54, 1.807) is 13.3 Å². The number of hydrogen-bond acceptors (Lipinski definition) is 6. The Morgan fingerprint density at radius 1 is 1.11 bits per heavy atom. The van der Waals surface area contributed by atoms with Gasteiger partial charge in [0.05, 0.1) is 24.6 Å². The lowest BCUT2D eigenvalue weighted by Crippen LogP contribution is -2.48. The summed E-state index contributed by atoms with van der Waals surface area (Å²) < 4.78 is 5.40. The van der Waals surface area contributed by atoms with Crippen LogP contribution in [0.3, 0.4) is 0 Å². The molecular weight excluding hydrogens is 454 g/mol. The predicted molar refractivity (Wildman–Crippen MR) is 140 cm³/mol. The largest absolute Gasteiger partial charge is 0.497 e. The number of ether oxygens (including phenoxy) is 1. The lowest BCUT2D eigenvalue weighted by atomic mass is 9.73. The van der Waals surface area contributed by atoms with Crippen molar-refractivity contribution in [2.75, 3.05) is 26.7 Å². The van der Waals surface area contributed by atoms with Crippen LogP contribution in [0.5, 0.6) is 5.75 Å². The van der Waals surface area contributed by atoms with Crippen LogP contribution >= 0.6 is 0 Å².